The summed E-state index contributed by atoms with van der Waals surface area (Å²) in [5, 5.41) is 4.09. The molecule has 2 aromatic rings. The molecule has 2 N–H and O–H groups in total. The van der Waals surface area contributed by atoms with Gasteiger partial charge in [-0.2, -0.15) is 0 Å². The number of fused-ring (bicyclic) bond motifs is 1. The summed E-state index contributed by atoms with van der Waals surface area (Å²) in [6.07, 6.45) is 2.83. The van der Waals surface area contributed by atoms with E-state index in [1.807, 2.05) is 30.1 Å². The monoisotopic (exact) mass is 385 g/mol. The molecule has 0 aromatic heterocycles. The molecule has 0 aliphatic carbocycles. The maximum Gasteiger partial charge on any atom is 0.440 e. The first-order valence-corrected chi connectivity index (χ1v) is 10.0. The SMILES string of the molecule is CCN(c1ccc(F)cc1)N(C(C)C)[N+]1(C(N)=O)CCCCc2ccccc21. The molecule has 3 rings (SSSR count). The van der Waals surface area contributed by atoms with Crippen LogP contribution >= 0.6 is 0 Å². The molecule has 0 radical (unpaired) electrons. The van der Waals surface area contributed by atoms with E-state index in [4.69, 9.17) is 5.73 Å². The zero-order chi connectivity index (χ0) is 20.3. The van der Waals surface area contributed by atoms with E-state index in [-0.39, 0.29) is 16.5 Å². The minimum atomic E-state index is -0.399. The topological polar surface area (TPSA) is 49.6 Å². The normalized spacial score (nSPS) is 19.4. The third-order valence-corrected chi connectivity index (χ3v) is 5.42. The Morgan fingerprint density at radius 3 is 2.43 bits per heavy atom. The summed E-state index contributed by atoms with van der Waals surface area (Å²) in [5.74, 6) is -0.283. The number of anilines is 1. The van der Waals surface area contributed by atoms with Crippen LogP contribution in [0.2, 0.25) is 0 Å². The summed E-state index contributed by atoms with van der Waals surface area (Å²) < 4.78 is 13.5. The lowest BCUT2D eigenvalue weighted by Gasteiger charge is -2.48. The van der Waals surface area contributed by atoms with Crippen LogP contribution in [0.3, 0.4) is 0 Å². The first kappa shape index (κ1) is 20.3. The predicted octanol–water partition coefficient (Wildman–Crippen LogP) is 4.61. The van der Waals surface area contributed by atoms with Crippen molar-refractivity contribution in [2.24, 2.45) is 5.73 Å². The number of primary amides is 1. The summed E-state index contributed by atoms with van der Waals surface area (Å²) in [5.41, 5.74) is 9.04. The lowest BCUT2D eigenvalue weighted by atomic mass is 10.1. The van der Waals surface area contributed by atoms with Crippen LogP contribution in [0.5, 0.6) is 0 Å². The summed E-state index contributed by atoms with van der Waals surface area (Å²) in [6, 6.07) is 14.0. The van der Waals surface area contributed by atoms with Gasteiger partial charge in [0, 0.05) is 18.2 Å². The fourth-order valence-electron chi connectivity index (χ4n) is 4.32. The van der Waals surface area contributed by atoms with Crippen molar-refractivity contribution in [2.45, 2.75) is 46.1 Å². The Hall–Kier alpha value is -2.44. The Morgan fingerprint density at radius 2 is 1.82 bits per heavy atom. The molecule has 2 aromatic carbocycles. The number of benzene rings is 2. The fourth-order valence-corrected chi connectivity index (χ4v) is 4.32. The second-order valence-electron chi connectivity index (χ2n) is 7.52. The minimum absolute atomic E-state index is 0.0105. The lowest BCUT2D eigenvalue weighted by molar-refractivity contribution is -0.0143. The molecule has 1 aliphatic heterocycles. The molecule has 0 saturated heterocycles. The Balaban J connectivity index is 2.22. The number of urea groups is 1. The van der Waals surface area contributed by atoms with Gasteiger partial charge in [0.15, 0.2) is 5.69 Å². The van der Waals surface area contributed by atoms with Crippen LogP contribution < -0.4 is 15.3 Å². The third kappa shape index (κ3) is 3.50. The minimum Gasteiger partial charge on any atom is -0.317 e. The number of carbonyl (C=O) groups excluding carboxylic acids is 1. The summed E-state index contributed by atoms with van der Waals surface area (Å²) >= 11 is 0. The van der Waals surface area contributed by atoms with E-state index in [0.29, 0.717) is 13.1 Å². The number of nitrogens with two attached hydrogens (primary N) is 1. The average molecular weight is 386 g/mol. The number of quaternary nitrogens is 1. The van der Waals surface area contributed by atoms with Crippen molar-refractivity contribution in [2.75, 3.05) is 18.1 Å². The third-order valence-electron chi connectivity index (χ3n) is 5.42. The van der Waals surface area contributed by atoms with Gasteiger partial charge in [0.05, 0.1) is 11.7 Å². The summed E-state index contributed by atoms with van der Waals surface area (Å²) in [7, 11) is 0. The Kier molecular flexibility index (Phi) is 6.01. The standard InChI is InChI=1S/C22H29FN4O/c1-4-25(20-14-12-19(23)13-15-20)26(17(2)3)27(22(24)28)16-8-7-10-18-9-5-6-11-21(18)27/h5-6,9,11-15,17H,4,7-8,10,16H2,1-3H3,(H-,24,28)/p+1. The van der Waals surface area contributed by atoms with Gasteiger partial charge in [-0.25, -0.2) is 9.18 Å². The molecule has 0 spiro atoms. The van der Waals surface area contributed by atoms with Gasteiger partial charge in [0.2, 0.25) is 0 Å². The highest BCUT2D eigenvalue weighted by Crippen LogP contribution is 2.37. The molecule has 1 unspecified atom stereocenters. The molecular weight excluding hydrogens is 355 g/mol. The van der Waals surface area contributed by atoms with E-state index in [9.17, 15) is 9.18 Å². The van der Waals surface area contributed by atoms with E-state index in [1.54, 1.807) is 12.1 Å². The second-order valence-corrected chi connectivity index (χ2v) is 7.52. The number of aryl methyl sites for hydroxylation is 1. The highest BCUT2D eigenvalue weighted by Gasteiger charge is 2.50. The Labute approximate surface area is 166 Å². The van der Waals surface area contributed by atoms with E-state index in [1.165, 1.54) is 12.1 Å². The van der Waals surface area contributed by atoms with Crippen LogP contribution in [-0.2, 0) is 6.42 Å². The molecule has 1 heterocycles. The predicted molar refractivity (Wildman–Crippen MR) is 112 cm³/mol. The van der Waals surface area contributed by atoms with Crippen molar-refractivity contribution in [1.29, 1.82) is 0 Å². The van der Waals surface area contributed by atoms with Crippen molar-refractivity contribution < 1.29 is 9.18 Å². The Bertz CT molecular complexity index is 824. The van der Waals surface area contributed by atoms with Gasteiger partial charge in [-0.3, -0.25) is 5.01 Å². The number of hydrazine groups is 1. The van der Waals surface area contributed by atoms with E-state index >= 15 is 0 Å². The maximum atomic E-state index is 13.5. The van der Waals surface area contributed by atoms with E-state index in [0.717, 1.165) is 36.2 Å². The molecule has 28 heavy (non-hydrogen) atoms. The number of para-hydroxylation sites is 1. The van der Waals surface area contributed by atoms with Gasteiger partial charge in [0.1, 0.15) is 12.4 Å². The van der Waals surface area contributed by atoms with Crippen molar-refractivity contribution in [3.63, 3.8) is 0 Å². The molecule has 0 fully saturated rings. The van der Waals surface area contributed by atoms with E-state index < -0.39 is 6.03 Å². The molecule has 0 bridgehead atoms. The van der Waals surface area contributed by atoms with Gasteiger partial charge in [-0.1, -0.05) is 18.2 Å². The number of hydrogen-bond acceptors (Lipinski definition) is 3. The molecule has 150 valence electrons. The highest BCUT2D eigenvalue weighted by molar-refractivity contribution is 5.86. The molecular formula is C22H30FN4O+. The number of hydrogen-bond donors (Lipinski definition) is 1. The molecule has 2 amide bonds. The summed E-state index contributed by atoms with van der Waals surface area (Å²) in [4.78, 5) is 13.1. The second kappa shape index (κ2) is 8.29. The van der Waals surface area contributed by atoms with Crippen molar-refractivity contribution in [3.05, 3.63) is 59.9 Å². The molecule has 0 saturated carbocycles. The van der Waals surface area contributed by atoms with Crippen LogP contribution in [0.15, 0.2) is 48.5 Å². The number of amides is 2. The van der Waals surface area contributed by atoms with E-state index in [2.05, 4.69) is 25.0 Å². The van der Waals surface area contributed by atoms with Gasteiger partial charge >= 0.3 is 6.03 Å². The molecule has 6 heteroatoms. The first-order chi connectivity index (χ1) is 13.4. The van der Waals surface area contributed by atoms with Crippen molar-refractivity contribution in [3.8, 4) is 0 Å². The summed E-state index contributed by atoms with van der Waals surface area (Å²) in [6.45, 7) is 7.37. The average Bonchev–Trinajstić information content (AvgIpc) is 2.87. The number of rotatable bonds is 5. The van der Waals surface area contributed by atoms with Crippen LogP contribution in [0.25, 0.3) is 0 Å². The lowest BCUT2D eigenvalue weighted by Crippen LogP contribution is -2.74. The first-order valence-electron chi connectivity index (χ1n) is 10.0. The fraction of sp³-hybridized carbons (Fsp3) is 0.409. The molecule has 5 nitrogen and oxygen atoms in total. The smallest absolute Gasteiger partial charge is 0.317 e. The van der Waals surface area contributed by atoms with Crippen LogP contribution in [0, 0.1) is 5.82 Å². The largest absolute Gasteiger partial charge is 0.440 e. The zero-order valence-electron chi connectivity index (χ0n) is 16.9. The molecule has 1 atom stereocenters. The van der Waals surface area contributed by atoms with Gasteiger partial charge in [0.25, 0.3) is 0 Å². The van der Waals surface area contributed by atoms with Gasteiger partial charge < -0.3 is 5.73 Å². The number of nitrogens with zero attached hydrogens (tertiary/aromatic N) is 3. The zero-order valence-corrected chi connectivity index (χ0v) is 16.9. The number of carbonyl (C=O) groups is 1. The van der Waals surface area contributed by atoms with Crippen LogP contribution in [-0.4, -0.2) is 30.3 Å². The number of halogens is 1. The van der Waals surface area contributed by atoms with Crippen molar-refractivity contribution >= 4 is 17.4 Å². The van der Waals surface area contributed by atoms with Gasteiger partial charge in [-0.05, 0) is 69.4 Å². The molecule has 1 aliphatic rings. The Morgan fingerprint density at radius 1 is 1.14 bits per heavy atom. The van der Waals surface area contributed by atoms with Crippen molar-refractivity contribution in [1.82, 2.24) is 9.71 Å². The van der Waals surface area contributed by atoms with Crippen LogP contribution in [0.1, 0.15) is 39.2 Å². The quantitative estimate of drug-likeness (QED) is 0.604. The highest BCUT2D eigenvalue weighted by atomic mass is 19.1. The van der Waals surface area contributed by atoms with Crippen LogP contribution in [0.4, 0.5) is 20.6 Å². The van der Waals surface area contributed by atoms with Gasteiger partial charge in [-0.15, -0.1) is 4.59 Å². The maximum absolute atomic E-state index is 13.5.